The molecule has 2 atom stereocenters. The smallest absolute Gasteiger partial charge is 0.239 e. The Kier molecular flexibility index (Phi) is 7.15. The molecule has 4 aromatic carbocycles. The predicted molar refractivity (Wildman–Crippen MR) is 174 cm³/mol. The first kappa shape index (κ1) is 26.3. The highest BCUT2D eigenvalue weighted by molar-refractivity contribution is 7.65. The number of amidine groups is 1. The van der Waals surface area contributed by atoms with Gasteiger partial charge in [-0.1, -0.05) is 121 Å². The van der Waals surface area contributed by atoms with Crippen molar-refractivity contribution in [3.8, 4) is 0 Å². The first-order valence-corrected chi connectivity index (χ1v) is 20.8. The summed E-state index contributed by atoms with van der Waals surface area (Å²) in [5.41, 5.74) is 6.87. The molecule has 4 aromatic rings. The third-order valence-electron chi connectivity index (χ3n) is 8.22. The van der Waals surface area contributed by atoms with Crippen LogP contribution in [0.4, 0.5) is 0 Å². The summed E-state index contributed by atoms with van der Waals surface area (Å²) in [6.45, 7) is 9.89. The molecule has 2 nitrogen and oxygen atoms in total. The molecule has 0 spiro atoms. The molecule has 0 fully saturated rings. The maximum Gasteiger partial charge on any atom is 0.239 e. The number of rotatable bonds is 6. The molecule has 5 rings (SSSR count). The molecular formula is C31H38N2P2Si2+2. The summed E-state index contributed by atoms with van der Waals surface area (Å²) in [4.78, 5) is 4.21. The van der Waals surface area contributed by atoms with Gasteiger partial charge >= 0.3 is 0 Å². The normalized spacial score (nSPS) is 17.5. The lowest BCUT2D eigenvalue weighted by Crippen LogP contribution is -2.60. The summed E-state index contributed by atoms with van der Waals surface area (Å²) in [5.74, 6) is 0. The quantitative estimate of drug-likeness (QED) is 0.195. The van der Waals surface area contributed by atoms with Gasteiger partial charge in [-0.25, -0.2) is 0 Å². The van der Waals surface area contributed by atoms with E-state index in [-0.39, 0.29) is 18.1 Å². The van der Waals surface area contributed by atoms with Gasteiger partial charge < -0.3 is 4.98 Å². The minimum Gasteiger partial charge on any atom is -0.363 e. The first-order valence-electron chi connectivity index (χ1n) is 13.0. The molecule has 188 valence electrons. The van der Waals surface area contributed by atoms with Gasteiger partial charge in [0.05, 0.1) is 8.58 Å². The van der Waals surface area contributed by atoms with Gasteiger partial charge in [0, 0.05) is 0 Å². The fraction of sp³-hybridized carbons (Fsp3) is 0.194. The SMILES string of the molecule is C[Si]1(C)N=C(N[Si](C)(C)C([PH3+])(c2ccccc2)c2ccccc2)[PH2+]C1(c1ccccc1)c1ccccc1. The van der Waals surface area contributed by atoms with Crippen molar-refractivity contribution in [2.24, 2.45) is 4.66 Å². The van der Waals surface area contributed by atoms with E-state index in [1.165, 1.54) is 27.8 Å². The van der Waals surface area contributed by atoms with Crippen molar-refractivity contribution in [3.05, 3.63) is 144 Å². The second-order valence-corrected chi connectivity index (χ2v) is 23.7. The van der Waals surface area contributed by atoms with Crippen LogP contribution in [-0.2, 0) is 9.56 Å². The van der Waals surface area contributed by atoms with Crippen LogP contribution < -0.4 is 4.98 Å². The van der Waals surface area contributed by atoms with Gasteiger partial charge in [-0.15, -0.1) is 0 Å². The topological polar surface area (TPSA) is 24.4 Å². The average molecular weight is 557 g/mol. The highest BCUT2D eigenvalue weighted by atomic mass is 31.1. The van der Waals surface area contributed by atoms with Crippen molar-refractivity contribution in [1.29, 1.82) is 0 Å². The molecule has 6 heteroatoms. The molecule has 1 aliphatic heterocycles. The molecule has 0 saturated heterocycles. The minimum absolute atomic E-state index is 0.0134. The van der Waals surface area contributed by atoms with Crippen molar-refractivity contribution in [1.82, 2.24) is 4.98 Å². The lowest BCUT2D eigenvalue weighted by molar-refractivity contribution is 0.961. The summed E-state index contributed by atoms with van der Waals surface area (Å²) in [6, 6.07) is 44.5. The zero-order chi connectivity index (χ0) is 26.2. The van der Waals surface area contributed by atoms with Gasteiger partial charge in [0.2, 0.25) is 22.0 Å². The van der Waals surface area contributed by atoms with Crippen LogP contribution in [0, 0.1) is 0 Å². The number of nitrogens with zero attached hydrogens (tertiary/aromatic N) is 1. The van der Waals surface area contributed by atoms with E-state index in [0.29, 0.717) is 0 Å². The second-order valence-electron chi connectivity index (χ2n) is 11.1. The summed E-state index contributed by atoms with van der Waals surface area (Å²) < 4.78 is 5.53. The van der Waals surface area contributed by atoms with Crippen LogP contribution >= 0.6 is 17.8 Å². The third-order valence-corrected chi connectivity index (χ3v) is 23.3. The Hall–Kier alpha value is -2.36. The fourth-order valence-electron chi connectivity index (χ4n) is 6.07. The monoisotopic (exact) mass is 556 g/mol. The fourth-order valence-corrected chi connectivity index (χ4v) is 17.9. The number of hydrogen-bond donors (Lipinski definition) is 1. The Morgan fingerprint density at radius 2 is 1.08 bits per heavy atom. The Morgan fingerprint density at radius 1 is 0.703 bits per heavy atom. The van der Waals surface area contributed by atoms with E-state index in [1.807, 2.05) is 0 Å². The van der Waals surface area contributed by atoms with Crippen molar-refractivity contribution in [2.75, 3.05) is 0 Å². The van der Waals surface area contributed by atoms with E-state index in [4.69, 9.17) is 4.66 Å². The molecule has 2 unspecified atom stereocenters. The number of hydrogen-bond acceptors (Lipinski definition) is 2. The highest BCUT2D eigenvalue weighted by Crippen LogP contribution is 2.58. The van der Waals surface area contributed by atoms with Gasteiger partial charge in [0.1, 0.15) is 9.56 Å². The molecular weight excluding hydrogens is 518 g/mol. The minimum atomic E-state index is -2.16. The van der Waals surface area contributed by atoms with Gasteiger partial charge in [0.25, 0.3) is 0 Å². The van der Waals surface area contributed by atoms with Crippen LogP contribution in [0.15, 0.2) is 126 Å². The lowest BCUT2D eigenvalue weighted by atomic mass is 10.0. The molecule has 0 saturated carbocycles. The van der Waals surface area contributed by atoms with Crippen molar-refractivity contribution >= 4 is 39.9 Å². The average Bonchev–Trinajstić information content (AvgIpc) is 3.19. The van der Waals surface area contributed by atoms with Crippen LogP contribution in [0.1, 0.15) is 22.3 Å². The van der Waals surface area contributed by atoms with Crippen LogP contribution in [0.2, 0.25) is 26.2 Å². The molecule has 0 radical (unpaired) electrons. The molecule has 0 aliphatic carbocycles. The Morgan fingerprint density at radius 3 is 1.49 bits per heavy atom. The molecule has 0 aromatic heterocycles. The van der Waals surface area contributed by atoms with Gasteiger partial charge in [-0.05, 0) is 57.7 Å². The molecule has 1 N–H and O–H groups in total. The van der Waals surface area contributed by atoms with Crippen LogP contribution in [0.3, 0.4) is 0 Å². The lowest BCUT2D eigenvalue weighted by Gasteiger charge is -2.39. The van der Waals surface area contributed by atoms with Crippen molar-refractivity contribution < 1.29 is 0 Å². The van der Waals surface area contributed by atoms with E-state index < -0.39 is 16.5 Å². The largest absolute Gasteiger partial charge is 0.363 e. The van der Waals surface area contributed by atoms with E-state index >= 15 is 0 Å². The summed E-state index contributed by atoms with van der Waals surface area (Å²) in [7, 11) is -2.21. The summed E-state index contributed by atoms with van der Waals surface area (Å²) in [6.07, 6.45) is 0. The van der Waals surface area contributed by atoms with E-state index in [0.717, 1.165) is 0 Å². The van der Waals surface area contributed by atoms with Crippen molar-refractivity contribution in [2.45, 2.75) is 35.7 Å². The third kappa shape index (κ3) is 4.49. The van der Waals surface area contributed by atoms with Gasteiger partial charge in [-0.2, -0.15) is 0 Å². The molecule has 0 amide bonds. The predicted octanol–water partition coefficient (Wildman–Crippen LogP) is 7.34. The number of nitrogens with one attached hydrogen (secondary N) is 1. The zero-order valence-electron chi connectivity index (χ0n) is 22.3. The van der Waals surface area contributed by atoms with E-state index in [2.05, 4.69) is 162 Å². The van der Waals surface area contributed by atoms with E-state index in [9.17, 15) is 0 Å². The van der Waals surface area contributed by atoms with Crippen LogP contribution in [-0.4, -0.2) is 22.0 Å². The standard InChI is InChI=1S/C31H36N2P2Si2/c1-36(2,30(34,25-17-9-5-10-18-25)26-19-11-6-12-20-26)32-29-33-37(3,4)31(35-29,27-21-13-7-14-22-27)28-23-15-8-16-24-28/h5-24,35H,34H2,1-4H3,(H,32,33)/p+2. The maximum atomic E-state index is 5.63. The Labute approximate surface area is 228 Å². The number of benzene rings is 4. The van der Waals surface area contributed by atoms with Crippen molar-refractivity contribution in [3.63, 3.8) is 0 Å². The van der Waals surface area contributed by atoms with Gasteiger partial charge in [0.15, 0.2) is 0 Å². The molecule has 37 heavy (non-hydrogen) atoms. The summed E-state index contributed by atoms with van der Waals surface area (Å²) in [5, 5.41) is 0. The zero-order valence-corrected chi connectivity index (χ0v) is 26.8. The first-order chi connectivity index (χ1) is 17.7. The Balaban J connectivity index is 1.59. The second kappa shape index (κ2) is 10.1. The van der Waals surface area contributed by atoms with Crippen LogP contribution in [0.5, 0.6) is 0 Å². The van der Waals surface area contributed by atoms with Crippen LogP contribution in [0.25, 0.3) is 0 Å². The molecule has 0 bridgehead atoms. The Bertz CT molecular complexity index is 1300. The summed E-state index contributed by atoms with van der Waals surface area (Å²) >= 11 is 0. The maximum absolute atomic E-state index is 5.63. The molecule has 1 heterocycles. The van der Waals surface area contributed by atoms with E-state index in [1.54, 1.807) is 0 Å². The highest BCUT2D eigenvalue weighted by Gasteiger charge is 2.62. The molecule has 1 aliphatic rings. The van der Waals surface area contributed by atoms with Gasteiger partial charge in [-0.3, -0.25) is 4.66 Å².